The molecule has 7 heteroatoms. The van der Waals surface area contributed by atoms with Crippen LogP contribution in [-0.2, 0) is 11.2 Å². The fraction of sp³-hybridized carbons (Fsp3) is 0.389. The molecule has 0 unspecified atom stereocenters. The molecule has 2 heterocycles. The quantitative estimate of drug-likeness (QED) is 0.873. The summed E-state index contributed by atoms with van der Waals surface area (Å²) >= 11 is 6.20. The van der Waals surface area contributed by atoms with Gasteiger partial charge in [-0.2, -0.15) is 0 Å². The van der Waals surface area contributed by atoms with Gasteiger partial charge in [0.05, 0.1) is 11.7 Å². The highest BCUT2D eigenvalue weighted by atomic mass is 35.5. The van der Waals surface area contributed by atoms with Crippen LogP contribution < -0.4 is 10.9 Å². The molecule has 0 radical (unpaired) electrons. The molecule has 1 aliphatic rings. The largest absolute Gasteiger partial charge is 0.480 e. The first-order valence-corrected chi connectivity index (χ1v) is 8.54. The van der Waals surface area contributed by atoms with Gasteiger partial charge in [0, 0.05) is 0 Å². The Morgan fingerprint density at radius 3 is 2.84 bits per heavy atom. The Morgan fingerprint density at radius 1 is 1.44 bits per heavy atom. The SMILES string of the molecule is Cc1ccc(C)c([C@@H](C)Nc2nc(Cl)c3n(c2=O)[C@H](C(=O)O)CC3)c1. The van der Waals surface area contributed by atoms with Gasteiger partial charge in [0.2, 0.25) is 0 Å². The lowest BCUT2D eigenvalue weighted by atomic mass is 10.00. The van der Waals surface area contributed by atoms with E-state index in [4.69, 9.17) is 11.6 Å². The molecule has 6 nitrogen and oxygen atoms in total. The Kier molecular flexibility index (Phi) is 4.56. The maximum atomic E-state index is 12.8. The number of aromatic nitrogens is 2. The molecule has 0 aliphatic carbocycles. The number of aryl methyl sites for hydroxylation is 2. The van der Waals surface area contributed by atoms with E-state index in [-0.39, 0.29) is 17.0 Å². The number of hydrogen-bond acceptors (Lipinski definition) is 4. The molecule has 3 rings (SSSR count). The summed E-state index contributed by atoms with van der Waals surface area (Å²) in [7, 11) is 0. The number of nitrogens with zero attached hydrogens (tertiary/aromatic N) is 2. The van der Waals surface area contributed by atoms with E-state index in [1.807, 2.05) is 32.9 Å². The predicted octanol–water partition coefficient (Wildman–Crippen LogP) is 3.26. The van der Waals surface area contributed by atoms with Gasteiger partial charge in [-0.15, -0.1) is 0 Å². The molecule has 0 bridgehead atoms. The molecule has 2 N–H and O–H groups in total. The van der Waals surface area contributed by atoms with Crippen LogP contribution in [-0.4, -0.2) is 20.6 Å². The molecule has 0 saturated carbocycles. The summed E-state index contributed by atoms with van der Waals surface area (Å²) in [6, 6.07) is 5.06. The lowest BCUT2D eigenvalue weighted by molar-refractivity contribution is -0.140. The third-order valence-corrected chi connectivity index (χ3v) is 4.97. The first kappa shape index (κ1) is 17.5. The van der Waals surface area contributed by atoms with Gasteiger partial charge in [-0.05, 0) is 44.7 Å². The lowest BCUT2D eigenvalue weighted by Crippen LogP contribution is -2.31. The average Bonchev–Trinajstić information content (AvgIpc) is 3.00. The number of nitrogens with one attached hydrogen (secondary N) is 1. The third-order valence-electron chi connectivity index (χ3n) is 4.67. The van der Waals surface area contributed by atoms with Gasteiger partial charge in [0.25, 0.3) is 5.56 Å². The summed E-state index contributed by atoms with van der Waals surface area (Å²) < 4.78 is 1.26. The monoisotopic (exact) mass is 361 g/mol. The van der Waals surface area contributed by atoms with Crippen molar-refractivity contribution in [3.63, 3.8) is 0 Å². The Morgan fingerprint density at radius 2 is 2.16 bits per heavy atom. The number of fused-ring (bicyclic) bond motifs is 1. The van der Waals surface area contributed by atoms with Crippen molar-refractivity contribution in [2.24, 2.45) is 0 Å². The Bertz CT molecular complexity index is 907. The highest BCUT2D eigenvalue weighted by Crippen LogP contribution is 2.30. The van der Waals surface area contributed by atoms with Gasteiger partial charge in [-0.1, -0.05) is 35.4 Å². The molecule has 132 valence electrons. The van der Waals surface area contributed by atoms with Gasteiger partial charge in [0.15, 0.2) is 11.0 Å². The van der Waals surface area contributed by atoms with Crippen molar-refractivity contribution in [2.45, 2.75) is 45.7 Å². The fourth-order valence-corrected chi connectivity index (χ4v) is 3.61. The standard InChI is InChI=1S/C18H20ClN3O3/c1-9-4-5-10(2)12(8-9)11(3)20-16-17(23)22-13(15(19)21-16)6-7-14(22)18(24)25/h4-5,8,11,14H,6-7H2,1-3H3,(H,20,21)(H,24,25)/t11-,14+/m1/s1. The molecule has 2 atom stereocenters. The van der Waals surface area contributed by atoms with Gasteiger partial charge >= 0.3 is 5.97 Å². The normalized spacial score (nSPS) is 17.2. The summed E-state index contributed by atoms with van der Waals surface area (Å²) in [4.78, 5) is 28.4. The minimum absolute atomic E-state index is 0.0790. The molecular formula is C18H20ClN3O3. The average molecular weight is 362 g/mol. The minimum Gasteiger partial charge on any atom is -0.480 e. The Hall–Kier alpha value is -2.34. The summed E-state index contributed by atoms with van der Waals surface area (Å²) in [6.07, 6.45) is 0.785. The van der Waals surface area contributed by atoms with Crippen molar-refractivity contribution in [3.8, 4) is 0 Å². The molecule has 1 aromatic heterocycles. The van der Waals surface area contributed by atoms with E-state index >= 15 is 0 Å². The van der Waals surface area contributed by atoms with Crippen molar-refractivity contribution in [1.29, 1.82) is 0 Å². The second kappa shape index (κ2) is 6.52. The number of carboxylic acids is 1. The molecule has 2 aromatic rings. The third kappa shape index (κ3) is 3.14. The number of rotatable bonds is 4. The summed E-state index contributed by atoms with van der Waals surface area (Å²) in [5, 5.41) is 12.6. The molecular weight excluding hydrogens is 342 g/mol. The molecule has 25 heavy (non-hydrogen) atoms. The van der Waals surface area contributed by atoms with Crippen LogP contribution in [0.1, 0.15) is 47.8 Å². The fourth-order valence-electron chi connectivity index (χ4n) is 3.34. The van der Waals surface area contributed by atoms with E-state index in [2.05, 4.69) is 16.4 Å². The van der Waals surface area contributed by atoms with Crippen molar-refractivity contribution < 1.29 is 9.90 Å². The van der Waals surface area contributed by atoms with E-state index in [0.29, 0.717) is 18.5 Å². The van der Waals surface area contributed by atoms with E-state index in [9.17, 15) is 14.7 Å². The minimum atomic E-state index is -1.03. The van der Waals surface area contributed by atoms with E-state index < -0.39 is 17.6 Å². The summed E-state index contributed by atoms with van der Waals surface area (Å²) in [6.45, 7) is 5.94. The maximum Gasteiger partial charge on any atom is 0.326 e. The van der Waals surface area contributed by atoms with Crippen LogP contribution in [0.2, 0.25) is 5.15 Å². The lowest BCUT2D eigenvalue weighted by Gasteiger charge is -2.19. The number of benzene rings is 1. The van der Waals surface area contributed by atoms with Gasteiger partial charge < -0.3 is 10.4 Å². The molecule has 0 saturated heterocycles. The number of aliphatic carboxylic acids is 1. The number of anilines is 1. The summed E-state index contributed by atoms with van der Waals surface area (Å²) in [5.74, 6) is -0.952. The van der Waals surface area contributed by atoms with Crippen LogP contribution in [0.25, 0.3) is 0 Å². The molecule has 1 aliphatic heterocycles. The number of hydrogen-bond donors (Lipinski definition) is 2. The zero-order valence-electron chi connectivity index (χ0n) is 14.3. The predicted molar refractivity (Wildman–Crippen MR) is 96.5 cm³/mol. The van der Waals surface area contributed by atoms with Crippen molar-refractivity contribution in [3.05, 3.63) is 56.1 Å². The zero-order chi connectivity index (χ0) is 18.3. The first-order valence-electron chi connectivity index (χ1n) is 8.17. The molecule has 0 spiro atoms. The van der Waals surface area contributed by atoms with Crippen LogP contribution in [0, 0.1) is 13.8 Å². The number of carbonyl (C=O) groups is 1. The Balaban J connectivity index is 2.00. The topological polar surface area (TPSA) is 84.2 Å². The molecule has 0 fully saturated rings. The van der Waals surface area contributed by atoms with Crippen LogP contribution in [0.15, 0.2) is 23.0 Å². The van der Waals surface area contributed by atoms with Crippen LogP contribution in [0.5, 0.6) is 0 Å². The van der Waals surface area contributed by atoms with E-state index in [1.165, 1.54) is 4.57 Å². The van der Waals surface area contributed by atoms with Gasteiger partial charge in [-0.25, -0.2) is 9.78 Å². The van der Waals surface area contributed by atoms with Crippen LogP contribution in [0.4, 0.5) is 5.82 Å². The highest BCUT2D eigenvalue weighted by molar-refractivity contribution is 6.30. The first-order chi connectivity index (χ1) is 11.8. The van der Waals surface area contributed by atoms with Crippen molar-refractivity contribution in [1.82, 2.24) is 9.55 Å². The van der Waals surface area contributed by atoms with Crippen LogP contribution in [0.3, 0.4) is 0 Å². The van der Waals surface area contributed by atoms with Crippen molar-refractivity contribution in [2.75, 3.05) is 5.32 Å². The highest BCUT2D eigenvalue weighted by Gasteiger charge is 2.32. The van der Waals surface area contributed by atoms with E-state index in [1.54, 1.807) is 0 Å². The van der Waals surface area contributed by atoms with Gasteiger partial charge in [0.1, 0.15) is 6.04 Å². The second-order valence-electron chi connectivity index (χ2n) is 6.49. The summed E-state index contributed by atoms with van der Waals surface area (Å²) in [5.41, 5.74) is 3.32. The Labute approximate surface area is 150 Å². The zero-order valence-corrected chi connectivity index (χ0v) is 15.1. The number of halogens is 1. The van der Waals surface area contributed by atoms with E-state index in [0.717, 1.165) is 16.7 Å². The maximum absolute atomic E-state index is 12.8. The molecule has 0 amide bonds. The second-order valence-corrected chi connectivity index (χ2v) is 6.85. The van der Waals surface area contributed by atoms with Crippen molar-refractivity contribution >= 4 is 23.4 Å². The van der Waals surface area contributed by atoms with Crippen LogP contribution >= 0.6 is 11.6 Å². The van der Waals surface area contributed by atoms with Gasteiger partial charge in [-0.3, -0.25) is 9.36 Å². The molecule has 1 aromatic carbocycles. The smallest absolute Gasteiger partial charge is 0.326 e. The number of carboxylic acid groups (broad SMARTS) is 1.